The van der Waals surface area contributed by atoms with Gasteiger partial charge in [-0.3, -0.25) is 4.90 Å². The average molecular weight is 278 g/mol. The highest BCUT2D eigenvalue weighted by molar-refractivity contribution is 5.51. The molecule has 1 unspecified atom stereocenters. The van der Waals surface area contributed by atoms with E-state index in [-0.39, 0.29) is 0 Å². The Hall–Kier alpha value is -1.26. The molecule has 0 bridgehead atoms. The fourth-order valence-electron chi connectivity index (χ4n) is 2.53. The number of hydrogen-bond donors (Lipinski definition) is 1. The predicted octanol–water partition coefficient (Wildman–Crippen LogP) is 2.54. The molecule has 0 aliphatic carbocycles. The van der Waals surface area contributed by atoms with Gasteiger partial charge in [0.05, 0.1) is 11.8 Å². The molecule has 20 heavy (non-hydrogen) atoms. The number of hydrogen-bond acceptors (Lipinski definition) is 4. The predicted molar refractivity (Wildman–Crippen MR) is 82.1 cm³/mol. The SMILES string of the molecule is CCCOC1CCCN(CCOc2ccccc2N)C1. The Morgan fingerprint density at radius 3 is 2.95 bits per heavy atom. The summed E-state index contributed by atoms with van der Waals surface area (Å²) in [7, 11) is 0. The Balaban J connectivity index is 1.70. The first kappa shape index (κ1) is 15.1. The molecule has 4 heteroatoms. The van der Waals surface area contributed by atoms with Gasteiger partial charge in [0.15, 0.2) is 0 Å². The van der Waals surface area contributed by atoms with E-state index in [9.17, 15) is 0 Å². The van der Waals surface area contributed by atoms with Gasteiger partial charge in [0.25, 0.3) is 0 Å². The smallest absolute Gasteiger partial charge is 0.142 e. The lowest BCUT2D eigenvalue weighted by Crippen LogP contribution is -2.41. The van der Waals surface area contributed by atoms with Gasteiger partial charge in [0, 0.05) is 19.7 Å². The van der Waals surface area contributed by atoms with Crippen molar-refractivity contribution in [3.63, 3.8) is 0 Å². The zero-order chi connectivity index (χ0) is 14.2. The van der Waals surface area contributed by atoms with Gasteiger partial charge in [-0.25, -0.2) is 0 Å². The summed E-state index contributed by atoms with van der Waals surface area (Å²) in [5.74, 6) is 0.781. The van der Waals surface area contributed by atoms with Crippen molar-refractivity contribution in [2.24, 2.45) is 0 Å². The Morgan fingerprint density at radius 2 is 2.15 bits per heavy atom. The van der Waals surface area contributed by atoms with E-state index in [1.54, 1.807) is 0 Å². The quantitative estimate of drug-likeness (QED) is 0.779. The summed E-state index contributed by atoms with van der Waals surface area (Å²) in [6.45, 7) is 6.79. The maximum absolute atomic E-state index is 5.86. The highest BCUT2D eigenvalue weighted by Crippen LogP contribution is 2.20. The lowest BCUT2D eigenvalue weighted by molar-refractivity contribution is -0.00266. The van der Waals surface area contributed by atoms with Gasteiger partial charge in [-0.05, 0) is 37.9 Å². The van der Waals surface area contributed by atoms with Crippen LogP contribution in [0.4, 0.5) is 5.69 Å². The number of anilines is 1. The van der Waals surface area contributed by atoms with Crippen molar-refractivity contribution in [2.45, 2.75) is 32.3 Å². The Morgan fingerprint density at radius 1 is 1.30 bits per heavy atom. The highest BCUT2D eigenvalue weighted by atomic mass is 16.5. The molecule has 1 heterocycles. The van der Waals surface area contributed by atoms with Crippen LogP contribution in [0.3, 0.4) is 0 Å². The van der Waals surface area contributed by atoms with Gasteiger partial charge in [-0.1, -0.05) is 19.1 Å². The molecule has 4 nitrogen and oxygen atoms in total. The van der Waals surface area contributed by atoms with Crippen LogP contribution in [-0.4, -0.2) is 43.9 Å². The van der Waals surface area contributed by atoms with Crippen molar-refractivity contribution in [3.8, 4) is 5.75 Å². The first-order valence-electron chi connectivity index (χ1n) is 7.61. The van der Waals surface area contributed by atoms with Gasteiger partial charge in [-0.2, -0.15) is 0 Å². The first-order valence-corrected chi connectivity index (χ1v) is 7.61. The van der Waals surface area contributed by atoms with Crippen molar-refractivity contribution in [3.05, 3.63) is 24.3 Å². The number of benzene rings is 1. The van der Waals surface area contributed by atoms with Crippen molar-refractivity contribution >= 4 is 5.69 Å². The third-order valence-electron chi connectivity index (χ3n) is 3.60. The van der Waals surface area contributed by atoms with E-state index in [0.717, 1.165) is 38.4 Å². The third-order valence-corrected chi connectivity index (χ3v) is 3.60. The zero-order valence-electron chi connectivity index (χ0n) is 12.4. The maximum atomic E-state index is 5.86. The van der Waals surface area contributed by atoms with E-state index in [2.05, 4.69) is 11.8 Å². The minimum Gasteiger partial charge on any atom is -0.490 e. The van der Waals surface area contributed by atoms with Crippen molar-refractivity contribution in [1.82, 2.24) is 4.90 Å². The number of likely N-dealkylation sites (tertiary alicyclic amines) is 1. The average Bonchev–Trinajstić information content (AvgIpc) is 2.48. The minimum absolute atomic E-state index is 0.394. The Kier molecular flexibility index (Phi) is 6.15. The number of nitrogens with zero attached hydrogens (tertiary/aromatic N) is 1. The molecule has 1 aromatic carbocycles. The van der Waals surface area contributed by atoms with E-state index in [1.165, 1.54) is 12.8 Å². The molecule has 0 aromatic heterocycles. The molecule has 112 valence electrons. The summed E-state index contributed by atoms with van der Waals surface area (Å²) >= 11 is 0. The van der Waals surface area contributed by atoms with Crippen molar-refractivity contribution in [1.29, 1.82) is 0 Å². The van der Waals surface area contributed by atoms with Gasteiger partial charge >= 0.3 is 0 Å². The van der Waals surface area contributed by atoms with Crippen LogP contribution >= 0.6 is 0 Å². The molecule has 0 spiro atoms. The second-order valence-corrected chi connectivity index (χ2v) is 5.32. The topological polar surface area (TPSA) is 47.7 Å². The Bertz CT molecular complexity index is 398. The summed E-state index contributed by atoms with van der Waals surface area (Å²) in [4.78, 5) is 2.42. The molecule has 0 saturated carbocycles. The van der Waals surface area contributed by atoms with Gasteiger partial charge in [-0.15, -0.1) is 0 Å². The van der Waals surface area contributed by atoms with Crippen LogP contribution in [0.25, 0.3) is 0 Å². The number of nitrogen functional groups attached to an aromatic ring is 1. The summed E-state index contributed by atoms with van der Waals surface area (Å²) in [6, 6.07) is 7.65. The number of ether oxygens (including phenoxy) is 2. The van der Waals surface area contributed by atoms with Crippen LogP contribution in [0.1, 0.15) is 26.2 Å². The third kappa shape index (κ3) is 4.69. The number of piperidine rings is 1. The van der Waals surface area contributed by atoms with E-state index in [1.807, 2.05) is 24.3 Å². The molecular weight excluding hydrogens is 252 g/mol. The molecular formula is C16H26N2O2. The molecule has 0 radical (unpaired) electrons. The summed E-state index contributed by atoms with van der Waals surface area (Å²) < 4.78 is 11.6. The standard InChI is InChI=1S/C16H26N2O2/c1-2-11-19-14-6-5-9-18(13-14)10-12-20-16-8-4-3-7-15(16)17/h3-4,7-8,14H,2,5-6,9-13,17H2,1H3. The van der Waals surface area contributed by atoms with Gasteiger partial charge < -0.3 is 15.2 Å². The molecule has 1 aromatic rings. The number of nitrogens with two attached hydrogens (primary N) is 1. The maximum Gasteiger partial charge on any atom is 0.142 e. The van der Waals surface area contributed by atoms with Crippen LogP contribution in [0.5, 0.6) is 5.75 Å². The van der Waals surface area contributed by atoms with E-state index in [0.29, 0.717) is 18.4 Å². The van der Waals surface area contributed by atoms with Crippen molar-refractivity contribution in [2.75, 3.05) is 38.6 Å². The van der Waals surface area contributed by atoms with E-state index >= 15 is 0 Å². The fourth-order valence-corrected chi connectivity index (χ4v) is 2.53. The lowest BCUT2D eigenvalue weighted by atomic mass is 10.1. The number of para-hydroxylation sites is 2. The molecule has 0 amide bonds. The summed E-state index contributed by atoms with van der Waals surface area (Å²) in [6.07, 6.45) is 3.88. The first-order chi connectivity index (χ1) is 9.79. The van der Waals surface area contributed by atoms with Crippen LogP contribution in [0.15, 0.2) is 24.3 Å². The van der Waals surface area contributed by atoms with Crippen LogP contribution in [0, 0.1) is 0 Å². The molecule has 1 aliphatic heterocycles. The second-order valence-electron chi connectivity index (χ2n) is 5.32. The largest absolute Gasteiger partial charge is 0.490 e. The molecule has 1 aliphatic rings. The summed E-state index contributed by atoms with van der Waals surface area (Å²) in [5, 5.41) is 0. The van der Waals surface area contributed by atoms with Crippen molar-refractivity contribution < 1.29 is 9.47 Å². The van der Waals surface area contributed by atoms with Crippen LogP contribution < -0.4 is 10.5 Å². The number of rotatable bonds is 7. The van der Waals surface area contributed by atoms with E-state index in [4.69, 9.17) is 15.2 Å². The normalized spacial score (nSPS) is 19.9. The van der Waals surface area contributed by atoms with Crippen LogP contribution in [-0.2, 0) is 4.74 Å². The summed E-state index contributed by atoms with van der Waals surface area (Å²) in [5.41, 5.74) is 6.56. The monoisotopic (exact) mass is 278 g/mol. The lowest BCUT2D eigenvalue weighted by Gasteiger charge is -2.32. The molecule has 1 fully saturated rings. The molecule has 2 N–H and O–H groups in total. The van der Waals surface area contributed by atoms with E-state index < -0.39 is 0 Å². The van der Waals surface area contributed by atoms with Gasteiger partial charge in [0.1, 0.15) is 12.4 Å². The second kappa shape index (κ2) is 8.12. The highest BCUT2D eigenvalue weighted by Gasteiger charge is 2.19. The zero-order valence-corrected chi connectivity index (χ0v) is 12.4. The fraction of sp³-hybridized carbons (Fsp3) is 0.625. The molecule has 1 atom stereocenters. The minimum atomic E-state index is 0.394. The molecule has 2 rings (SSSR count). The molecule has 1 saturated heterocycles. The van der Waals surface area contributed by atoms with Crippen LogP contribution in [0.2, 0.25) is 0 Å². The van der Waals surface area contributed by atoms with Gasteiger partial charge in [0.2, 0.25) is 0 Å². The Labute approximate surface area is 121 Å².